The molecule has 1 aliphatic rings. The number of fused-ring (bicyclic) bond motifs is 1. The van der Waals surface area contributed by atoms with Gasteiger partial charge in [-0.15, -0.1) is 0 Å². The van der Waals surface area contributed by atoms with Crippen LogP contribution in [0.5, 0.6) is 0 Å². The summed E-state index contributed by atoms with van der Waals surface area (Å²) >= 11 is 5.90. The van der Waals surface area contributed by atoms with Gasteiger partial charge < -0.3 is 5.32 Å². The minimum atomic E-state index is -2.85. The smallest absolute Gasteiger partial charge is 0.266 e. The fraction of sp³-hybridized carbons (Fsp3) is 0.333. The second-order valence-electron chi connectivity index (χ2n) is 5.41. The number of rotatable bonds is 4. The molecule has 0 amide bonds. The Balaban J connectivity index is 1.84. The third-order valence-corrected chi connectivity index (χ3v) is 3.87. The highest BCUT2D eigenvalue weighted by molar-refractivity contribution is 6.28. The molecule has 1 aliphatic heterocycles. The Hall–Kier alpha value is -1.86. The number of anilines is 1. The van der Waals surface area contributed by atoms with Gasteiger partial charge in [-0.05, 0) is 18.6 Å². The Morgan fingerprint density at radius 2 is 2.09 bits per heavy atom. The number of halogens is 4. The van der Waals surface area contributed by atoms with E-state index in [1.807, 2.05) is 11.9 Å². The summed E-state index contributed by atoms with van der Waals surface area (Å²) in [4.78, 5) is 10.3. The number of nitrogens with zero attached hydrogens (tertiary/aromatic N) is 3. The lowest BCUT2D eigenvalue weighted by Gasteiger charge is -2.12. The van der Waals surface area contributed by atoms with Gasteiger partial charge in [-0.3, -0.25) is 4.90 Å². The lowest BCUT2D eigenvalue weighted by atomic mass is 10.1. The van der Waals surface area contributed by atoms with Crippen LogP contribution < -0.4 is 5.32 Å². The summed E-state index contributed by atoms with van der Waals surface area (Å²) in [6.45, 7) is 1.34. The van der Waals surface area contributed by atoms with Crippen molar-refractivity contribution in [3.05, 3.63) is 51.7 Å². The van der Waals surface area contributed by atoms with Crippen molar-refractivity contribution in [2.24, 2.45) is 0 Å². The van der Waals surface area contributed by atoms with E-state index in [2.05, 4.69) is 15.3 Å². The molecule has 0 aliphatic carbocycles. The van der Waals surface area contributed by atoms with Crippen LogP contribution in [0.3, 0.4) is 0 Å². The Labute approximate surface area is 136 Å². The molecule has 2 heterocycles. The number of aromatic nitrogens is 2. The molecule has 0 fully saturated rings. The van der Waals surface area contributed by atoms with Gasteiger partial charge in [0.05, 0.1) is 11.3 Å². The van der Waals surface area contributed by atoms with Gasteiger partial charge in [-0.1, -0.05) is 18.2 Å². The normalized spacial score (nSPS) is 14.3. The number of alkyl halides is 2. The average Bonchev–Trinajstić information content (AvgIpc) is 2.85. The molecule has 0 bridgehead atoms. The number of nitrogens with one attached hydrogen (secondary N) is 1. The quantitative estimate of drug-likeness (QED) is 0.859. The van der Waals surface area contributed by atoms with Crippen LogP contribution in [-0.2, 0) is 19.6 Å². The molecular formula is C15H14ClF3N4. The molecule has 23 heavy (non-hydrogen) atoms. The van der Waals surface area contributed by atoms with Gasteiger partial charge in [-0.25, -0.2) is 23.1 Å². The number of hydrogen-bond donors (Lipinski definition) is 1. The lowest BCUT2D eigenvalue weighted by molar-refractivity contribution is 0.146. The first-order valence-electron chi connectivity index (χ1n) is 6.99. The predicted octanol–water partition coefficient (Wildman–Crippen LogP) is 3.76. The molecule has 122 valence electrons. The summed E-state index contributed by atoms with van der Waals surface area (Å²) in [5.74, 6) is -0.393. The first kappa shape index (κ1) is 16.0. The molecule has 1 aromatic heterocycles. The molecule has 8 heteroatoms. The summed E-state index contributed by atoms with van der Waals surface area (Å²) in [6, 6.07) is 3.95. The highest BCUT2D eigenvalue weighted by Crippen LogP contribution is 2.28. The largest absolute Gasteiger partial charge is 0.365 e. The van der Waals surface area contributed by atoms with Crippen molar-refractivity contribution in [3.63, 3.8) is 0 Å². The summed E-state index contributed by atoms with van der Waals surface area (Å²) in [7, 11) is 1.94. The van der Waals surface area contributed by atoms with Crippen LogP contribution in [0.4, 0.5) is 19.0 Å². The van der Waals surface area contributed by atoms with Crippen molar-refractivity contribution < 1.29 is 13.2 Å². The fourth-order valence-electron chi connectivity index (χ4n) is 2.61. The van der Waals surface area contributed by atoms with Crippen LogP contribution in [0.2, 0.25) is 5.28 Å². The second kappa shape index (κ2) is 6.33. The van der Waals surface area contributed by atoms with Gasteiger partial charge >= 0.3 is 0 Å². The van der Waals surface area contributed by atoms with Crippen LogP contribution >= 0.6 is 11.6 Å². The van der Waals surface area contributed by atoms with Gasteiger partial charge in [-0.2, -0.15) is 0 Å². The van der Waals surface area contributed by atoms with E-state index in [1.165, 1.54) is 12.1 Å². The summed E-state index contributed by atoms with van der Waals surface area (Å²) in [5.41, 5.74) is 1.26. The highest BCUT2D eigenvalue weighted by atomic mass is 35.5. The Kier molecular flexibility index (Phi) is 4.41. The van der Waals surface area contributed by atoms with E-state index in [0.29, 0.717) is 18.9 Å². The Morgan fingerprint density at radius 3 is 2.83 bits per heavy atom. The van der Waals surface area contributed by atoms with E-state index in [-0.39, 0.29) is 17.4 Å². The standard InChI is InChI=1S/C15H14ClF3N4/c1-23-6-10-11(7-23)21-15(16)22-14(10)20-5-8-3-2-4-9(12(8)17)13(18)19/h2-4,13H,5-7H2,1H3,(H,20,21,22). The van der Waals surface area contributed by atoms with E-state index in [0.717, 1.165) is 17.3 Å². The molecule has 3 rings (SSSR count). The maximum absolute atomic E-state index is 14.1. The zero-order valence-corrected chi connectivity index (χ0v) is 13.0. The summed E-state index contributed by atoms with van der Waals surface area (Å²) < 4.78 is 39.5. The van der Waals surface area contributed by atoms with E-state index in [4.69, 9.17) is 11.6 Å². The van der Waals surface area contributed by atoms with Gasteiger partial charge in [0.1, 0.15) is 11.6 Å². The molecule has 4 nitrogen and oxygen atoms in total. The monoisotopic (exact) mass is 342 g/mol. The maximum atomic E-state index is 14.1. The molecule has 1 N–H and O–H groups in total. The van der Waals surface area contributed by atoms with Crippen molar-refractivity contribution in [1.82, 2.24) is 14.9 Å². The number of benzene rings is 1. The molecule has 2 aromatic rings. The third-order valence-electron chi connectivity index (χ3n) is 3.70. The SMILES string of the molecule is CN1Cc2nc(Cl)nc(NCc3cccc(C(F)F)c3F)c2C1. The number of hydrogen-bond acceptors (Lipinski definition) is 4. The minimum absolute atomic E-state index is 0.0376. The molecule has 1 aromatic carbocycles. The fourth-order valence-corrected chi connectivity index (χ4v) is 2.80. The Morgan fingerprint density at radius 1 is 1.30 bits per heavy atom. The minimum Gasteiger partial charge on any atom is -0.365 e. The van der Waals surface area contributed by atoms with Crippen LogP contribution in [-0.4, -0.2) is 21.9 Å². The van der Waals surface area contributed by atoms with Crippen molar-refractivity contribution in [3.8, 4) is 0 Å². The van der Waals surface area contributed by atoms with Crippen molar-refractivity contribution in [2.45, 2.75) is 26.1 Å². The summed E-state index contributed by atoms with van der Waals surface area (Å²) in [6.07, 6.45) is -2.85. The van der Waals surface area contributed by atoms with Crippen LogP contribution in [0.25, 0.3) is 0 Å². The molecule has 0 saturated heterocycles. The molecule has 0 atom stereocenters. The topological polar surface area (TPSA) is 41.1 Å². The highest BCUT2D eigenvalue weighted by Gasteiger charge is 2.23. The molecular weight excluding hydrogens is 329 g/mol. The second-order valence-corrected chi connectivity index (χ2v) is 5.75. The van der Waals surface area contributed by atoms with Crippen molar-refractivity contribution in [1.29, 1.82) is 0 Å². The zero-order chi connectivity index (χ0) is 16.6. The maximum Gasteiger partial charge on any atom is 0.266 e. The van der Waals surface area contributed by atoms with E-state index in [9.17, 15) is 13.2 Å². The average molecular weight is 343 g/mol. The lowest BCUT2D eigenvalue weighted by Crippen LogP contribution is -2.10. The first-order valence-corrected chi connectivity index (χ1v) is 7.36. The zero-order valence-electron chi connectivity index (χ0n) is 12.3. The van der Waals surface area contributed by atoms with Crippen LogP contribution in [0, 0.1) is 5.82 Å². The Bertz CT molecular complexity index is 739. The van der Waals surface area contributed by atoms with Crippen molar-refractivity contribution in [2.75, 3.05) is 12.4 Å². The van der Waals surface area contributed by atoms with Gasteiger partial charge in [0, 0.05) is 30.8 Å². The predicted molar refractivity (Wildman–Crippen MR) is 80.9 cm³/mol. The third kappa shape index (κ3) is 3.25. The molecule has 0 spiro atoms. The van der Waals surface area contributed by atoms with E-state index >= 15 is 0 Å². The van der Waals surface area contributed by atoms with Crippen LogP contribution in [0.15, 0.2) is 18.2 Å². The van der Waals surface area contributed by atoms with Crippen molar-refractivity contribution >= 4 is 17.4 Å². The molecule has 0 radical (unpaired) electrons. The first-order chi connectivity index (χ1) is 11.0. The van der Waals surface area contributed by atoms with Gasteiger partial charge in [0.25, 0.3) is 6.43 Å². The van der Waals surface area contributed by atoms with Gasteiger partial charge in [0.2, 0.25) is 5.28 Å². The summed E-state index contributed by atoms with van der Waals surface area (Å²) in [5, 5.41) is 3.08. The molecule has 0 unspecified atom stereocenters. The van der Waals surface area contributed by atoms with E-state index < -0.39 is 17.8 Å². The van der Waals surface area contributed by atoms with E-state index in [1.54, 1.807) is 0 Å². The molecule has 0 saturated carbocycles. The van der Waals surface area contributed by atoms with Crippen LogP contribution in [0.1, 0.15) is 28.8 Å². The van der Waals surface area contributed by atoms with Gasteiger partial charge in [0.15, 0.2) is 0 Å².